The maximum Gasteiger partial charge on any atom is 0.217 e. The molecule has 1 aliphatic carbocycles. The van der Waals surface area contributed by atoms with E-state index in [2.05, 4.69) is 19.1 Å². The third-order valence-electron chi connectivity index (χ3n) is 4.03. The molecule has 2 N–H and O–H groups in total. The van der Waals surface area contributed by atoms with Crippen LogP contribution in [0, 0.1) is 11.8 Å². The number of nitrogens with two attached hydrogens (primary N) is 1. The third kappa shape index (κ3) is 8.89. The molecule has 1 rings (SSSR count). The molecule has 122 valence electrons. The zero-order chi connectivity index (χ0) is 15.3. The van der Waals surface area contributed by atoms with Crippen molar-refractivity contribution in [2.75, 3.05) is 26.4 Å². The molecule has 0 radical (unpaired) electrons. The van der Waals surface area contributed by atoms with Crippen molar-refractivity contribution in [3.63, 3.8) is 0 Å². The summed E-state index contributed by atoms with van der Waals surface area (Å²) in [4.78, 5) is 10.7. The normalized spacial score (nSPS) is 21.6. The minimum Gasteiger partial charge on any atom is -0.381 e. The van der Waals surface area contributed by atoms with Crippen molar-refractivity contribution in [3.05, 3.63) is 12.2 Å². The number of unbranched alkanes of at least 4 members (excludes halogenated alkanes) is 1. The van der Waals surface area contributed by atoms with Gasteiger partial charge in [0.1, 0.15) is 0 Å². The first-order valence-corrected chi connectivity index (χ1v) is 8.32. The van der Waals surface area contributed by atoms with Crippen molar-refractivity contribution in [3.8, 4) is 0 Å². The second kappa shape index (κ2) is 11.8. The van der Waals surface area contributed by atoms with Crippen molar-refractivity contribution in [1.29, 1.82) is 0 Å². The summed E-state index contributed by atoms with van der Waals surface area (Å²) in [5.41, 5.74) is 5.11. The molecule has 0 spiro atoms. The van der Waals surface area contributed by atoms with Gasteiger partial charge in [-0.05, 0) is 43.9 Å². The molecule has 0 fully saturated rings. The number of hydrogen-bond acceptors (Lipinski definition) is 3. The molecule has 2 atom stereocenters. The van der Waals surface area contributed by atoms with E-state index >= 15 is 0 Å². The maximum absolute atomic E-state index is 10.7. The van der Waals surface area contributed by atoms with Crippen molar-refractivity contribution in [2.45, 2.75) is 51.9 Å². The van der Waals surface area contributed by atoms with Gasteiger partial charge in [0.05, 0.1) is 0 Å². The van der Waals surface area contributed by atoms with Crippen molar-refractivity contribution in [1.82, 2.24) is 0 Å². The second-order valence-electron chi connectivity index (χ2n) is 5.86. The number of rotatable bonds is 12. The SMILES string of the molecule is CCCCOCC[C@H]1CC=CC[C@H]1COCCCC(N)=O. The summed E-state index contributed by atoms with van der Waals surface area (Å²) in [7, 11) is 0. The maximum atomic E-state index is 10.7. The zero-order valence-electron chi connectivity index (χ0n) is 13.4. The van der Waals surface area contributed by atoms with Gasteiger partial charge in [-0.25, -0.2) is 0 Å². The molecule has 0 aliphatic heterocycles. The summed E-state index contributed by atoms with van der Waals surface area (Å²) in [6.07, 6.45) is 11.4. The van der Waals surface area contributed by atoms with Crippen LogP contribution in [0.5, 0.6) is 0 Å². The van der Waals surface area contributed by atoms with E-state index in [0.29, 0.717) is 24.9 Å². The molecule has 0 aromatic carbocycles. The lowest BCUT2D eigenvalue weighted by molar-refractivity contribution is -0.118. The van der Waals surface area contributed by atoms with Crippen LogP contribution in [0.1, 0.15) is 51.9 Å². The van der Waals surface area contributed by atoms with E-state index in [-0.39, 0.29) is 5.91 Å². The summed E-state index contributed by atoms with van der Waals surface area (Å²) in [5.74, 6) is 0.993. The van der Waals surface area contributed by atoms with E-state index < -0.39 is 0 Å². The lowest BCUT2D eigenvalue weighted by Crippen LogP contribution is -2.24. The highest BCUT2D eigenvalue weighted by Crippen LogP contribution is 2.28. The largest absolute Gasteiger partial charge is 0.381 e. The van der Waals surface area contributed by atoms with Gasteiger partial charge in [0.15, 0.2) is 0 Å². The van der Waals surface area contributed by atoms with Gasteiger partial charge in [-0.15, -0.1) is 0 Å². The van der Waals surface area contributed by atoms with Crippen LogP contribution in [0.25, 0.3) is 0 Å². The first-order chi connectivity index (χ1) is 10.2. The highest BCUT2D eigenvalue weighted by Gasteiger charge is 2.22. The molecule has 0 saturated heterocycles. The van der Waals surface area contributed by atoms with Gasteiger partial charge < -0.3 is 15.2 Å². The zero-order valence-corrected chi connectivity index (χ0v) is 13.4. The topological polar surface area (TPSA) is 61.6 Å². The van der Waals surface area contributed by atoms with E-state index in [9.17, 15) is 4.79 Å². The molecule has 0 aromatic heterocycles. The molecule has 0 unspecified atom stereocenters. The van der Waals surface area contributed by atoms with E-state index in [1.54, 1.807) is 0 Å². The van der Waals surface area contributed by atoms with Gasteiger partial charge in [-0.1, -0.05) is 25.5 Å². The Morgan fingerprint density at radius 2 is 1.81 bits per heavy atom. The first-order valence-electron chi connectivity index (χ1n) is 8.32. The Labute approximate surface area is 129 Å². The minimum atomic E-state index is -0.249. The van der Waals surface area contributed by atoms with Crippen LogP contribution in [0.15, 0.2) is 12.2 Å². The monoisotopic (exact) mass is 297 g/mol. The summed E-state index contributed by atoms with van der Waals surface area (Å²) >= 11 is 0. The van der Waals surface area contributed by atoms with Crippen molar-refractivity contribution < 1.29 is 14.3 Å². The Hall–Kier alpha value is -0.870. The molecule has 0 saturated carbocycles. The smallest absolute Gasteiger partial charge is 0.217 e. The molecule has 1 aliphatic rings. The van der Waals surface area contributed by atoms with E-state index in [1.165, 1.54) is 6.42 Å². The van der Waals surface area contributed by atoms with Crippen LogP contribution in [0.2, 0.25) is 0 Å². The fourth-order valence-electron chi connectivity index (χ4n) is 2.65. The third-order valence-corrected chi connectivity index (χ3v) is 4.03. The number of ether oxygens (including phenoxy) is 2. The van der Waals surface area contributed by atoms with E-state index in [4.69, 9.17) is 15.2 Å². The van der Waals surface area contributed by atoms with E-state index in [1.807, 2.05) is 0 Å². The highest BCUT2D eigenvalue weighted by atomic mass is 16.5. The fourth-order valence-corrected chi connectivity index (χ4v) is 2.65. The van der Waals surface area contributed by atoms with Crippen LogP contribution in [0.4, 0.5) is 0 Å². The van der Waals surface area contributed by atoms with Gasteiger partial charge >= 0.3 is 0 Å². The number of amides is 1. The van der Waals surface area contributed by atoms with Gasteiger partial charge in [-0.2, -0.15) is 0 Å². The van der Waals surface area contributed by atoms with Crippen LogP contribution in [-0.2, 0) is 14.3 Å². The molecule has 4 heteroatoms. The fraction of sp³-hybridized carbons (Fsp3) is 0.824. The number of carbonyl (C=O) groups excluding carboxylic acids is 1. The Bertz CT molecular complexity index is 304. The Kier molecular flexibility index (Phi) is 10.2. The number of allylic oxidation sites excluding steroid dienone is 2. The van der Waals surface area contributed by atoms with Crippen LogP contribution in [-0.4, -0.2) is 32.3 Å². The lowest BCUT2D eigenvalue weighted by atomic mass is 9.81. The van der Waals surface area contributed by atoms with Crippen molar-refractivity contribution >= 4 is 5.91 Å². The molecule has 1 amide bonds. The van der Waals surface area contributed by atoms with Gasteiger partial charge in [0.25, 0.3) is 0 Å². The minimum absolute atomic E-state index is 0.249. The summed E-state index contributed by atoms with van der Waals surface area (Å²) in [6.45, 7) is 5.33. The van der Waals surface area contributed by atoms with E-state index in [0.717, 1.165) is 51.9 Å². The number of hydrogen-bond donors (Lipinski definition) is 1. The van der Waals surface area contributed by atoms with Gasteiger partial charge in [0, 0.05) is 32.8 Å². The molecule has 0 bridgehead atoms. The Morgan fingerprint density at radius 3 is 2.52 bits per heavy atom. The van der Waals surface area contributed by atoms with Crippen molar-refractivity contribution in [2.24, 2.45) is 17.6 Å². The molecule has 0 heterocycles. The molecule has 21 heavy (non-hydrogen) atoms. The number of primary amides is 1. The van der Waals surface area contributed by atoms with Crippen LogP contribution < -0.4 is 5.73 Å². The summed E-state index contributed by atoms with van der Waals surface area (Å²) in [6, 6.07) is 0. The number of carbonyl (C=O) groups is 1. The second-order valence-corrected chi connectivity index (χ2v) is 5.86. The molecule has 4 nitrogen and oxygen atoms in total. The predicted octanol–water partition coefficient (Wildman–Crippen LogP) is 3.06. The van der Waals surface area contributed by atoms with Gasteiger partial charge in [0.2, 0.25) is 5.91 Å². The summed E-state index contributed by atoms with van der Waals surface area (Å²) < 4.78 is 11.4. The average Bonchev–Trinajstić information content (AvgIpc) is 2.47. The molecular formula is C17H31NO3. The highest BCUT2D eigenvalue weighted by molar-refractivity contribution is 5.73. The predicted molar refractivity (Wildman–Crippen MR) is 84.9 cm³/mol. The molecule has 0 aromatic rings. The van der Waals surface area contributed by atoms with Crippen LogP contribution in [0.3, 0.4) is 0 Å². The standard InChI is InChI=1S/C17H31NO3/c1-2-3-11-20-13-10-15-7-4-5-8-16(15)14-21-12-6-9-17(18)19/h4-5,15-16H,2-3,6-14H2,1H3,(H2,18,19)/t15-,16+/m1/s1. The Morgan fingerprint density at radius 1 is 1.10 bits per heavy atom. The average molecular weight is 297 g/mol. The Balaban J connectivity index is 2.14. The first kappa shape index (κ1) is 18.2. The van der Waals surface area contributed by atoms with Crippen LogP contribution >= 0.6 is 0 Å². The molecular weight excluding hydrogens is 266 g/mol. The van der Waals surface area contributed by atoms with Gasteiger partial charge in [-0.3, -0.25) is 4.79 Å². The summed E-state index contributed by atoms with van der Waals surface area (Å²) in [5, 5.41) is 0. The lowest BCUT2D eigenvalue weighted by Gasteiger charge is -2.28. The quantitative estimate of drug-likeness (QED) is 0.445.